The van der Waals surface area contributed by atoms with E-state index in [0.29, 0.717) is 5.75 Å². The largest absolute Gasteiger partial charge is 0.504 e. The van der Waals surface area contributed by atoms with Crippen molar-refractivity contribution < 1.29 is 9.84 Å². The van der Waals surface area contributed by atoms with Crippen molar-refractivity contribution in [3.05, 3.63) is 59.7 Å². The zero-order valence-corrected chi connectivity index (χ0v) is 12.5. The molecule has 0 amide bonds. The Morgan fingerprint density at radius 2 is 1.42 bits per heavy atom. The van der Waals surface area contributed by atoms with Crippen LogP contribution in [-0.4, -0.2) is 12.2 Å². The topological polar surface area (TPSA) is 29.5 Å². The lowest BCUT2D eigenvalue weighted by molar-refractivity contribution is 0.373. The van der Waals surface area contributed by atoms with Crippen LogP contribution in [0.5, 0.6) is 11.5 Å². The number of hydrogen-bond acceptors (Lipinski definition) is 2. The van der Waals surface area contributed by atoms with Crippen LogP contribution in [0.1, 0.15) is 25.0 Å². The molecule has 0 saturated carbocycles. The Balaban J connectivity index is 0.000000316. The second kappa shape index (κ2) is 10.0. The predicted molar refractivity (Wildman–Crippen MR) is 81.9 cm³/mol. The van der Waals surface area contributed by atoms with Crippen LogP contribution in [0.4, 0.5) is 0 Å². The maximum Gasteiger partial charge on any atom is 0.160 e. The second-order valence-corrected chi connectivity index (χ2v) is 3.83. The zero-order chi connectivity index (χ0) is 14.7. The number of hydrogen-bond donors (Lipinski definition) is 1. The van der Waals surface area contributed by atoms with Gasteiger partial charge in [0.25, 0.3) is 0 Å². The number of benzene rings is 2. The van der Waals surface area contributed by atoms with Crippen molar-refractivity contribution in [3.8, 4) is 11.5 Å². The lowest BCUT2D eigenvalue weighted by Gasteiger charge is -2.01. The summed E-state index contributed by atoms with van der Waals surface area (Å²) in [6, 6.07) is 15.6. The van der Waals surface area contributed by atoms with E-state index in [-0.39, 0.29) is 5.75 Å². The Labute approximate surface area is 116 Å². The molecule has 2 aromatic rings. The minimum Gasteiger partial charge on any atom is -0.504 e. The summed E-state index contributed by atoms with van der Waals surface area (Å²) in [5.41, 5.74) is 2.35. The standard InChI is InChI=1S/C8H10O2.C7H8.C2H6/c1-6-3-4-8(10-2)7(9)5-6;1-7-5-3-2-4-6-7;1-2/h3-5,9H,1-2H3;2-6H,1H3;1-2H3. The van der Waals surface area contributed by atoms with Crippen LogP contribution in [0.3, 0.4) is 0 Å². The van der Waals surface area contributed by atoms with Crippen molar-refractivity contribution >= 4 is 0 Å². The lowest BCUT2D eigenvalue weighted by Crippen LogP contribution is -1.82. The van der Waals surface area contributed by atoms with Crippen molar-refractivity contribution in [3.63, 3.8) is 0 Å². The summed E-state index contributed by atoms with van der Waals surface area (Å²) in [6.07, 6.45) is 0. The number of phenols is 1. The number of phenolic OH excluding ortho intramolecular Hbond substituents is 1. The van der Waals surface area contributed by atoms with Gasteiger partial charge in [-0.25, -0.2) is 0 Å². The average Bonchev–Trinajstić information content (AvgIpc) is 2.43. The van der Waals surface area contributed by atoms with Crippen LogP contribution in [0.15, 0.2) is 48.5 Å². The zero-order valence-electron chi connectivity index (χ0n) is 12.5. The highest BCUT2D eigenvalue weighted by atomic mass is 16.5. The molecule has 2 nitrogen and oxygen atoms in total. The first kappa shape index (κ1) is 17.0. The highest BCUT2D eigenvalue weighted by molar-refractivity contribution is 5.41. The molecule has 0 atom stereocenters. The normalized spacial score (nSPS) is 8.47. The van der Waals surface area contributed by atoms with E-state index in [1.807, 2.05) is 45.0 Å². The summed E-state index contributed by atoms with van der Waals surface area (Å²) in [5.74, 6) is 0.716. The SMILES string of the molecule is CC.COc1ccc(C)cc1O.Cc1ccccc1. The first-order valence-electron chi connectivity index (χ1n) is 6.48. The van der Waals surface area contributed by atoms with Crippen LogP contribution < -0.4 is 4.74 Å². The van der Waals surface area contributed by atoms with Gasteiger partial charge in [-0.2, -0.15) is 0 Å². The predicted octanol–water partition coefficient (Wildman–Crippen LogP) is 4.73. The first-order valence-corrected chi connectivity index (χ1v) is 6.48. The highest BCUT2D eigenvalue weighted by Crippen LogP contribution is 2.25. The van der Waals surface area contributed by atoms with Crippen molar-refractivity contribution in [2.75, 3.05) is 7.11 Å². The van der Waals surface area contributed by atoms with E-state index in [4.69, 9.17) is 9.84 Å². The van der Waals surface area contributed by atoms with Gasteiger partial charge in [-0.05, 0) is 31.5 Å². The molecule has 0 spiro atoms. The van der Waals surface area contributed by atoms with Gasteiger partial charge in [0.15, 0.2) is 11.5 Å². The van der Waals surface area contributed by atoms with Crippen molar-refractivity contribution in [2.24, 2.45) is 0 Å². The van der Waals surface area contributed by atoms with Gasteiger partial charge >= 0.3 is 0 Å². The van der Waals surface area contributed by atoms with Crippen LogP contribution in [0, 0.1) is 13.8 Å². The molecule has 0 aliphatic carbocycles. The van der Waals surface area contributed by atoms with Gasteiger partial charge in [0.05, 0.1) is 7.11 Å². The molecule has 0 heterocycles. The Morgan fingerprint density at radius 3 is 1.79 bits per heavy atom. The molecule has 0 fully saturated rings. The fourth-order valence-corrected chi connectivity index (χ4v) is 1.33. The summed E-state index contributed by atoms with van der Waals surface area (Å²) >= 11 is 0. The first-order chi connectivity index (χ1) is 9.13. The molecule has 2 aromatic carbocycles. The third-order valence-electron chi connectivity index (χ3n) is 2.27. The average molecular weight is 260 g/mol. The Bertz CT molecular complexity index is 450. The van der Waals surface area contributed by atoms with Gasteiger partial charge in [0, 0.05) is 0 Å². The lowest BCUT2D eigenvalue weighted by atomic mass is 10.2. The quantitative estimate of drug-likeness (QED) is 0.803. The fourth-order valence-electron chi connectivity index (χ4n) is 1.33. The third-order valence-corrected chi connectivity index (χ3v) is 2.27. The molecule has 0 aromatic heterocycles. The summed E-state index contributed by atoms with van der Waals surface area (Å²) in [6.45, 7) is 8.00. The third kappa shape index (κ3) is 7.14. The van der Waals surface area contributed by atoms with Crippen LogP contribution in [0.25, 0.3) is 0 Å². The van der Waals surface area contributed by atoms with Crippen LogP contribution >= 0.6 is 0 Å². The van der Waals surface area contributed by atoms with E-state index in [0.717, 1.165) is 5.56 Å². The Morgan fingerprint density at radius 1 is 0.842 bits per heavy atom. The molecule has 0 aliphatic rings. The maximum atomic E-state index is 9.17. The molecule has 1 N–H and O–H groups in total. The molecule has 0 saturated heterocycles. The van der Waals surface area contributed by atoms with E-state index in [1.165, 1.54) is 12.7 Å². The van der Waals surface area contributed by atoms with E-state index >= 15 is 0 Å². The van der Waals surface area contributed by atoms with Gasteiger partial charge < -0.3 is 9.84 Å². The summed E-state index contributed by atoms with van der Waals surface area (Å²) < 4.78 is 4.85. The molecule has 0 unspecified atom stereocenters. The number of methoxy groups -OCH3 is 1. The molecule has 0 radical (unpaired) electrons. The fraction of sp³-hybridized carbons (Fsp3) is 0.294. The summed E-state index contributed by atoms with van der Waals surface area (Å²) in [7, 11) is 1.53. The van der Waals surface area contributed by atoms with Crippen molar-refractivity contribution in [1.82, 2.24) is 0 Å². The van der Waals surface area contributed by atoms with E-state index in [1.54, 1.807) is 12.1 Å². The number of aryl methyl sites for hydroxylation is 2. The molecule has 0 aliphatic heterocycles. The second-order valence-electron chi connectivity index (χ2n) is 3.83. The van der Waals surface area contributed by atoms with E-state index in [2.05, 4.69) is 19.1 Å². The smallest absolute Gasteiger partial charge is 0.160 e. The number of aromatic hydroxyl groups is 1. The number of rotatable bonds is 1. The Hall–Kier alpha value is -1.96. The van der Waals surface area contributed by atoms with Gasteiger partial charge in [-0.3, -0.25) is 0 Å². The maximum absolute atomic E-state index is 9.17. The summed E-state index contributed by atoms with van der Waals surface area (Å²) in [5, 5.41) is 9.17. The van der Waals surface area contributed by atoms with E-state index in [9.17, 15) is 0 Å². The van der Waals surface area contributed by atoms with Gasteiger partial charge in [-0.15, -0.1) is 0 Å². The van der Waals surface area contributed by atoms with Crippen molar-refractivity contribution in [1.29, 1.82) is 0 Å². The van der Waals surface area contributed by atoms with Gasteiger partial charge in [0.2, 0.25) is 0 Å². The monoisotopic (exact) mass is 260 g/mol. The molecule has 19 heavy (non-hydrogen) atoms. The molecule has 2 rings (SSSR count). The van der Waals surface area contributed by atoms with Gasteiger partial charge in [0.1, 0.15) is 0 Å². The molecule has 104 valence electrons. The molecular formula is C17H24O2. The minimum absolute atomic E-state index is 0.197. The van der Waals surface area contributed by atoms with Crippen LogP contribution in [-0.2, 0) is 0 Å². The highest BCUT2D eigenvalue weighted by Gasteiger charge is 1.97. The molecule has 2 heteroatoms. The Kier molecular flexibility index (Phi) is 8.98. The van der Waals surface area contributed by atoms with E-state index < -0.39 is 0 Å². The van der Waals surface area contributed by atoms with Crippen LogP contribution in [0.2, 0.25) is 0 Å². The molecule has 0 bridgehead atoms. The minimum atomic E-state index is 0.197. The van der Waals surface area contributed by atoms with Gasteiger partial charge in [-0.1, -0.05) is 55.8 Å². The summed E-state index contributed by atoms with van der Waals surface area (Å²) in [4.78, 5) is 0. The number of ether oxygens (including phenoxy) is 1. The molecular weight excluding hydrogens is 236 g/mol. The van der Waals surface area contributed by atoms with Crippen molar-refractivity contribution in [2.45, 2.75) is 27.7 Å².